The summed E-state index contributed by atoms with van der Waals surface area (Å²) in [6, 6.07) is 0. The Labute approximate surface area is 109 Å². The van der Waals surface area contributed by atoms with Crippen LogP contribution in [0, 0.1) is 13.3 Å². The van der Waals surface area contributed by atoms with Crippen LogP contribution in [0.5, 0.6) is 0 Å². The summed E-state index contributed by atoms with van der Waals surface area (Å²) in [5.41, 5.74) is 0. The fraction of sp³-hybridized carbons (Fsp3) is 0.500. The van der Waals surface area contributed by atoms with Crippen molar-refractivity contribution >= 4 is 26.0 Å². The van der Waals surface area contributed by atoms with E-state index in [9.17, 15) is 0 Å². The molecule has 1 radical (unpaired) electrons. The van der Waals surface area contributed by atoms with Crippen molar-refractivity contribution in [2.45, 2.75) is 35.0 Å². The summed E-state index contributed by atoms with van der Waals surface area (Å²) in [5.74, 6) is 1.23. The molecule has 1 rings (SSSR count). The van der Waals surface area contributed by atoms with Crippen LogP contribution in [0.1, 0.15) is 27.7 Å². The fourth-order valence-corrected chi connectivity index (χ4v) is 5.57. The largest absolute Gasteiger partial charge is 0.358 e. The van der Waals surface area contributed by atoms with Crippen LogP contribution in [0.15, 0.2) is 29.4 Å². The molecular weight excluding hydrogens is 571 g/mol. The maximum Gasteiger partial charge on any atom is 0 e. The van der Waals surface area contributed by atoms with Crippen LogP contribution in [0.3, 0.4) is 0 Å². The zero-order valence-electron chi connectivity index (χ0n) is 11.5. The Hall–Kier alpha value is -1.25. The molecule has 0 aromatic heterocycles. The van der Waals surface area contributed by atoms with Crippen molar-refractivity contribution in [2.75, 3.05) is 4.93 Å². The first-order valence-electron chi connectivity index (χ1n) is 5.28. The van der Waals surface area contributed by atoms with Crippen molar-refractivity contribution in [3.8, 4) is 0 Å². The summed E-state index contributed by atoms with van der Waals surface area (Å²) in [6.45, 7) is 9.13. The number of hydrogen-bond donors (Lipinski definition) is 0. The third kappa shape index (κ3) is 4.63. The van der Waals surface area contributed by atoms with Gasteiger partial charge in [0, 0.05) is 0 Å². The molecule has 1 heterocycles. The van der Waals surface area contributed by atoms with Crippen molar-refractivity contribution in [3.63, 3.8) is 0 Å². The maximum atomic E-state index is 4.28. The molecule has 0 fully saturated rings. The molecule has 0 saturated carbocycles. The van der Waals surface area contributed by atoms with Crippen LogP contribution in [-0.4, -0.2) is 18.5 Å². The van der Waals surface area contributed by atoms with Crippen LogP contribution >= 0.6 is 19.8 Å². The molecule has 1 atom stereocenters. The number of aliphatic imine (C=N–C) groups is 1. The minimum absolute atomic E-state index is 0. The van der Waals surface area contributed by atoms with Crippen molar-refractivity contribution in [3.05, 3.63) is 37.8 Å². The van der Waals surface area contributed by atoms with Gasteiger partial charge in [-0.25, -0.2) is 0 Å². The van der Waals surface area contributed by atoms with E-state index in [4.69, 9.17) is 0 Å². The van der Waals surface area contributed by atoms with E-state index in [2.05, 4.69) is 55.8 Å². The molecule has 1 aliphatic rings. The smallest absolute Gasteiger partial charge is 0 e. The summed E-state index contributed by atoms with van der Waals surface area (Å²) < 4.78 is 1.11. The van der Waals surface area contributed by atoms with Crippen LogP contribution in [0.25, 0.3) is 0 Å². The topological polar surface area (TPSA) is 12.4 Å². The van der Waals surface area contributed by atoms with E-state index >= 15 is 0 Å². The summed E-state index contributed by atoms with van der Waals surface area (Å²) >= 11 is -0.991. The molecule has 1 unspecified atom stereocenters. The fourth-order valence-electron chi connectivity index (χ4n) is 1.41. The predicted molar refractivity (Wildman–Crippen MR) is 85.6 cm³/mol. The van der Waals surface area contributed by atoms with Crippen molar-refractivity contribution in [1.82, 2.24) is 0 Å². The second kappa shape index (κ2) is 7.15. The van der Waals surface area contributed by atoms with Crippen molar-refractivity contribution in [1.29, 1.82) is 0 Å². The number of allylic oxidation sites excluding steroid dienone is 3. The van der Waals surface area contributed by atoms with E-state index in [1.54, 1.807) is 0 Å². The zero-order valence-corrected chi connectivity index (χ0v) is 15.9. The second-order valence-electron chi connectivity index (χ2n) is 4.35. The van der Waals surface area contributed by atoms with Crippen LogP contribution < -0.4 is 0 Å². The average molecular weight is 595 g/mol. The molecule has 0 amide bonds. The van der Waals surface area contributed by atoms with Gasteiger partial charge in [0.05, 0.1) is 0 Å². The zero-order chi connectivity index (χ0) is 11.5. The van der Waals surface area contributed by atoms with Crippen molar-refractivity contribution < 1.29 is 0 Å². The molecule has 3 heteroatoms. The van der Waals surface area contributed by atoms with Gasteiger partial charge < -0.3 is 7.43 Å². The molecule has 109 valence electrons. The van der Waals surface area contributed by atoms with Gasteiger partial charge in [-0.1, -0.05) is 0 Å². The third-order valence-corrected chi connectivity index (χ3v) is 10.9. The molecule has 0 N–H and O–H groups in total. The van der Waals surface area contributed by atoms with Gasteiger partial charge in [0.15, 0.2) is 0 Å². The van der Waals surface area contributed by atoms with Crippen LogP contribution in [0.4, 0.5) is 0 Å². The van der Waals surface area contributed by atoms with Gasteiger partial charge in [-0.2, -0.15) is 0 Å². The van der Waals surface area contributed by atoms with Gasteiger partial charge in [-0.3, -0.25) is 0 Å². The molecule has 0 aromatic carbocycles. The Morgan fingerprint density at radius 1 is 1.29 bits per heavy atom. The van der Waals surface area contributed by atoms with Gasteiger partial charge >= 0.3 is 101 Å². The minimum Gasteiger partial charge on any atom is -0.358 e. The Morgan fingerprint density at radius 2 is 1.88 bits per heavy atom. The Morgan fingerprint density at radius 3 is 2.41 bits per heavy atom. The van der Waals surface area contributed by atoms with E-state index in [-0.39, 0.29) is 10.8 Å². The molecule has 1 nitrogen and oxygen atoms in total. The van der Waals surface area contributed by atoms with Gasteiger partial charge in [-0.05, 0) is 0 Å². The Kier molecular flexibility index (Phi) is 7.62. The SMILES string of the molecule is C[C-]1C=N/C=C\C(C)(I(C)C(C)C)/C=C\1.[CH3-].[Lr]. The second-order valence-corrected chi connectivity index (χ2v) is 12.1. The third-order valence-electron chi connectivity index (χ3n) is 2.73. The molecule has 0 spiro atoms. The van der Waals surface area contributed by atoms with Crippen LogP contribution in [-0.2, 0) is 0 Å². The molecule has 17 heavy (non-hydrogen) atoms. The van der Waals surface area contributed by atoms with Crippen LogP contribution in [0.2, 0.25) is 0 Å². The molecule has 0 bridgehead atoms. The first-order chi connectivity index (χ1) is 6.96. The predicted octanol–water partition coefficient (Wildman–Crippen LogP) is 4.49. The van der Waals surface area contributed by atoms with E-state index in [0.29, 0.717) is 0 Å². The summed E-state index contributed by atoms with van der Waals surface area (Å²) in [5, 5.41) is 0. The standard InChI is InChI=1S/C13H21IN.CH3.Lr/c1-11(2)14(5)13(4)7-6-12(3)10-15-9-8-13;;/h6-11H,1-5H3;1H3;/q2*-1;/b7-6-,9-8-,15-10?;;. The van der Waals surface area contributed by atoms with E-state index in [0.717, 1.165) is 3.92 Å². The summed E-state index contributed by atoms with van der Waals surface area (Å²) in [7, 11) is 0. The van der Waals surface area contributed by atoms with E-state index < -0.39 is 19.8 Å². The molecule has 0 aromatic rings. The number of nitrogens with zero attached hydrogens (tertiary/aromatic N) is 1. The number of hydrogen-bond acceptors (Lipinski definition) is 1. The molecule has 1 aliphatic heterocycles. The Bertz CT molecular complexity index is 297. The van der Waals surface area contributed by atoms with Gasteiger partial charge in [0.25, 0.3) is 0 Å². The van der Waals surface area contributed by atoms with Gasteiger partial charge in [0.2, 0.25) is 0 Å². The average Bonchev–Trinajstić information content (AvgIpc) is 2.18. The Balaban J connectivity index is 0. The normalized spacial score (nSPS) is 27.4. The van der Waals surface area contributed by atoms with E-state index in [1.807, 2.05) is 12.4 Å². The summed E-state index contributed by atoms with van der Waals surface area (Å²) in [4.78, 5) is 6.74. The molecular formula is C14H24ILrN-2. The quantitative estimate of drug-likeness (QED) is 0.254. The van der Waals surface area contributed by atoms with E-state index in [1.165, 1.54) is 5.92 Å². The summed E-state index contributed by atoms with van der Waals surface area (Å²) in [6.07, 6.45) is 10.7. The first kappa shape index (κ1) is 18.1. The number of alkyl halides is 3. The molecule has 0 saturated heterocycles. The number of rotatable bonds is 2. The number of halogens is 1. The van der Waals surface area contributed by atoms with Crippen molar-refractivity contribution in [2.24, 2.45) is 4.99 Å². The van der Waals surface area contributed by atoms with Gasteiger partial charge in [-0.15, -0.1) is 0 Å². The minimum atomic E-state index is -0.991. The first-order valence-corrected chi connectivity index (χ1v) is 9.76. The molecule has 0 aliphatic carbocycles. The monoisotopic (exact) mass is 595 g/mol. The maximum absolute atomic E-state index is 4.28. The van der Waals surface area contributed by atoms with Gasteiger partial charge in [0.1, 0.15) is 0 Å².